The number of pyridine rings is 1. The number of hydrogen-bond donors (Lipinski definition) is 4. The van der Waals surface area contributed by atoms with E-state index in [1.807, 2.05) is 17.5 Å². The van der Waals surface area contributed by atoms with Gasteiger partial charge in [0.05, 0.1) is 44.1 Å². The summed E-state index contributed by atoms with van der Waals surface area (Å²) >= 11 is 4.49. The highest BCUT2D eigenvalue weighted by Crippen LogP contribution is 2.41. The van der Waals surface area contributed by atoms with Crippen LogP contribution < -0.4 is 32.0 Å². The van der Waals surface area contributed by atoms with Crippen molar-refractivity contribution in [1.29, 1.82) is 0 Å². The van der Waals surface area contributed by atoms with Crippen LogP contribution in [0.5, 0.6) is 0 Å². The van der Waals surface area contributed by atoms with Crippen molar-refractivity contribution in [1.82, 2.24) is 14.7 Å². The molecule has 0 unspecified atom stereocenters. The minimum Gasteiger partial charge on any atom is -0.378 e. The molecule has 208 valence electrons. The molecule has 0 bridgehead atoms. The lowest BCUT2D eigenvalue weighted by Gasteiger charge is -2.28. The van der Waals surface area contributed by atoms with Crippen molar-refractivity contribution in [2.45, 2.75) is 44.3 Å². The van der Waals surface area contributed by atoms with Gasteiger partial charge in [0.2, 0.25) is 0 Å². The van der Waals surface area contributed by atoms with Crippen LogP contribution in [0.2, 0.25) is 0 Å². The molecule has 7 rings (SSSR count). The molecule has 4 aromatic rings. The van der Waals surface area contributed by atoms with E-state index in [4.69, 9.17) is 9.72 Å². The molecule has 1 aliphatic carbocycles. The van der Waals surface area contributed by atoms with Gasteiger partial charge in [0.25, 0.3) is 5.91 Å². The number of ether oxygens (including phenoxy) is 1. The third-order valence-corrected chi connectivity index (χ3v) is 10.9. The highest BCUT2D eigenvalue weighted by atomic mass is 32.1. The number of aromatic nitrogens is 2. The molecule has 6 heterocycles. The monoisotopic (exact) mass is 596 g/mol. The van der Waals surface area contributed by atoms with E-state index in [0.717, 1.165) is 62.2 Å². The van der Waals surface area contributed by atoms with Crippen molar-refractivity contribution in [3.63, 3.8) is 0 Å². The molecule has 1 amide bonds. The summed E-state index contributed by atoms with van der Waals surface area (Å²) in [5.41, 5.74) is 6.86. The zero-order valence-electron chi connectivity index (χ0n) is 21.8. The minimum atomic E-state index is -0.135. The summed E-state index contributed by atoms with van der Waals surface area (Å²) in [4.78, 5) is 33.6. The van der Waals surface area contributed by atoms with E-state index in [1.54, 1.807) is 17.4 Å². The van der Waals surface area contributed by atoms with E-state index in [0.29, 0.717) is 43.0 Å². The van der Waals surface area contributed by atoms with Gasteiger partial charge in [-0.25, -0.2) is 4.98 Å². The fraction of sp³-hybridized carbons (Fsp3) is 0.407. The van der Waals surface area contributed by atoms with Crippen molar-refractivity contribution < 1.29 is 15.3 Å². The van der Waals surface area contributed by atoms with E-state index in [2.05, 4.69) is 31.0 Å². The normalized spacial score (nSPS) is 20.9. The molecule has 1 saturated carbocycles. The van der Waals surface area contributed by atoms with Crippen LogP contribution in [-0.2, 0) is 11.3 Å². The molecule has 10 nitrogen and oxygen atoms in total. The summed E-state index contributed by atoms with van der Waals surface area (Å²) in [6.07, 6.45) is 4.57. The molecule has 0 radical (unpaired) electrons. The van der Waals surface area contributed by atoms with Gasteiger partial charge < -0.3 is 31.3 Å². The SMILES string of the molecule is [NH3+][C@@H]1CCCC[C@@H]1Nc1cc2c(c(Nc3cc(-c4csc5c(=O)cc(N6CCOCC6)sc45)sn3)n1)C(=O)NC2. The van der Waals surface area contributed by atoms with E-state index < -0.39 is 0 Å². The minimum absolute atomic E-state index is 0.0481. The Morgan fingerprint density at radius 1 is 1.07 bits per heavy atom. The van der Waals surface area contributed by atoms with Gasteiger partial charge in [-0.2, -0.15) is 4.37 Å². The molecule has 4 aromatic heterocycles. The lowest BCUT2D eigenvalue weighted by atomic mass is 9.91. The predicted molar refractivity (Wildman–Crippen MR) is 161 cm³/mol. The molecule has 1 saturated heterocycles. The Kier molecular flexibility index (Phi) is 6.92. The number of carbonyl (C=O) groups is 1. The first-order chi connectivity index (χ1) is 19.5. The number of anilines is 4. The first-order valence-electron chi connectivity index (χ1n) is 13.6. The first kappa shape index (κ1) is 25.8. The Bertz CT molecular complexity index is 1640. The Labute approximate surface area is 242 Å². The molecule has 6 N–H and O–H groups in total. The predicted octanol–water partition coefficient (Wildman–Crippen LogP) is 3.63. The summed E-state index contributed by atoms with van der Waals surface area (Å²) in [5, 5.41) is 12.8. The Morgan fingerprint density at radius 3 is 2.77 bits per heavy atom. The Morgan fingerprint density at radius 2 is 1.93 bits per heavy atom. The summed E-state index contributed by atoms with van der Waals surface area (Å²) in [6.45, 7) is 3.38. The van der Waals surface area contributed by atoms with Gasteiger partial charge in [-0.05, 0) is 36.0 Å². The molecule has 2 aliphatic heterocycles. The van der Waals surface area contributed by atoms with Gasteiger partial charge in [0.1, 0.15) is 23.5 Å². The number of hydrogen-bond acceptors (Lipinski definition) is 11. The van der Waals surface area contributed by atoms with Crippen molar-refractivity contribution in [2.24, 2.45) is 0 Å². The van der Waals surface area contributed by atoms with Gasteiger partial charge in [-0.15, -0.1) is 22.7 Å². The lowest BCUT2D eigenvalue weighted by Crippen LogP contribution is -2.68. The maximum atomic E-state index is 12.9. The van der Waals surface area contributed by atoms with Gasteiger partial charge in [-0.1, -0.05) is 6.42 Å². The maximum absolute atomic E-state index is 12.9. The number of fused-ring (bicyclic) bond motifs is 2. The first-order valence-corrected chi connectivity index (χ1v) is 16.0. The smallest absolute Gasteiger partial charge is 0.255 e. The molecular weight excluding hydrogens is 567 g/mol. The average Bonchev–Trinajstić information content (AvgIpc) is 3.69. The number of carbonyl (C=O) groups excluding carboxylic acids is 1. The zero-order chi connectivity index (χ0) is 27.2. The number of thiophene rings is 1. The van der Waals surface area contributed by atoms with Crippen LogP contribution >= 0.6 is 34.2 Å². The number of amides is 1. The number of morpholine rings is 1. The molecule has 0 aromatic carbocycles. The molecule has 13 heteroatoms. The van der Waals surface area contributed by atoms with Crippen LogP contribution in [0.3, 0.4) is 0 Å². The van der Waals surface area contributed by atoms with Crippen LogP contribution in [0.1, 0.15) is 41.6 Å². The van der Waals surface area contributed by atoms with Crippen LogP contribution in [-0.4, -0.2) is 53.7 Å². The van der Waals surface area contributed by atoms with E-state index in [9.17, 15) is 9.59 Å². The number of nitrogens with one attached hydrogen (secondary N) is 3. The van der Waals surface area contributed by atoms with Gasteiger partial charge in [-0.3, -0.25) is 9.59 Å². The summed E-state index contributed by atoms with van der Waals surface area (Å²) in [7, 11) is 0. The van der Waals surface area contributed by atoms with Crippen molar-refractivity contribution >= 4 is 72.0 Å². The van der Waals surface area contributed by atoms with Gasteiger partial charge in [0.15, 0.2) is 5.43 Å². The second kappa shape index (κ2) is 10.7. The highest BCUT2D eigenvalue weighted by Gasteiger charge is 2.29. The molecule has 0 spiro atoms. The topological polar surface area (TPSA) is 136 Å². The van der Waals surface area contributed by atoms with Crippen LogP contribution in [0, 0.1) is 0 Å². The van der Waals surface area contributed by atoms with Gasteiger partial charge in [0, 0.05) is 49.1 Å². The summed E-state index contributed by atoms with van der Waals surface area (Å²) in [6, 6.07) is 6.29. The molecule has 3 aliphatic rings. The van der Waals surface area contributed by atoms with E-state index in [1.165, 1.54) is 35.7 Å². The van der Waals surface area contributed by atoms with Gasteiger partial charge >= 0.3 is 0 Å². The summed E-state index contributed by atoms with van der Waals surface area (Å²) < 4.78 is 11.9. The Balaban J connectivity index is 1.19. The fourth-order valence-electron chi connectivity index (χ4n) is 5.63. The van der Waals surface area contributed by atoms with E-state index >= 15 is 0 Å². The van der Waals surface area contributed by atoms with E-state index in [-0.39, 0.29) is 17.4 Å². The second-order valence-corrected chi connectivity index (χ2v) is 13.1. The largest absolute Gasteiger partial charge is 0.378 e. The fourth-order valence-corrected chi connectivity index (χ4v) is 8.86. The van der Waals surface area contributed by atoms with Crippen molar-refractivity contribution in [2.75, 3.05) is 41.8 Å². The zero-order valence-corrected chi connectivity index (χ0v) is 24.3. The standard InChI is InChI=1S/C27H29N7O3S3/c28-16-3-1-2-4-17(16)30-20-9-14-12-29-27(36)23(14)26(31-20)32-21-11-19(40-33-21)15-13-38-25-18(35)10-22(39-24(15)25)34-5-7-37-8-6-34/h9-11,13,16-17H,1-8,12,28H2,(H,29,36)(H2,30,31,32,33)/p+1/t16-,17+/m1/s1. The van der Waals surface area contributed by atoms with Crippen LogP contribution in [0.25, 0.3) is 19.8 Å². The molecule has 2 fully saturated rings. The molecule has 2 atom stereocenters. The number of rotatable bonds is 6. The Hall–Kier alpha value is -3.10. The number of quaternary nitrogens is 1. The van der Waals surface area contributed by atoms with Crippen molar-refractivity contribution in [3.8, 4) is 10.4 Å². The third-order valence-electron chi connectivity index (χ3n) is 7.79. The second-order valence-electron chi connectivity index (χ2n) is 10.4. The lowest BCUT2D eigenvalue weighted by molar-refractivity contribution is -0.427. The van der Waals surface area contributed by atoms with Crippen LogP contribution in [0.4, 0.5) is 22.5 Å². The highest BCUT2D eigenvalue weighted by molar-refractivity contribution is 7.29. The quantitative estimate of drug-likeness (QED) is 0.265. The third kappa shape index (κ3) is 4.85. The molecular formula is C27H30N7O3S3+. The molecule has 40 heavy (non-hydrogen) atoms. The summed E-state index contributed by atoms with van der Waals surface area (Å²) in [5.74, 6) is 1.73. The van der Waals surface area contributed by atoms with Crippen LogP contribution in [0.15, 0.2) is 28.4 Å². The average molecular weight is 597 g/mol. The maximum Gasteiger partial charge on any atom is 0.255 e. The number of nitrogens with zero attached hydrogens (tertiary/aromatic N) is 3. The van der Waals surface area contributed by atoms with Crippen molar-refractivity contribution in [3.05, 3.63) is 44.9 Å².